The van der Waals surface area contributed by atoms with Crippen LogP contribution in [0.3, 0.4) is 0 Å². The van der Waals surface area contributed by atoms with E-state index in [1.54, 1.807) is 0 Å². The number of nitrogens with zero attached hydrogens (tertiary/aromatic N) is 2. The molecule has 2 aliphatic heterocycles. The minimum absolute atomic E-state index is 0.382. The topological polar surface area (TPSA) is 15.7 Å². The van der Waals surface area contributed by atoms with E-state index < -0.39 is 0 Å². The van der Waals surface area contributed by atoms with E-state index in [1.165, 1.54) is 0 Å². The zero-order chi connectivity index (χ0) is 9.26. The molecule has 0 amide bonds. The number of fused-ring (bicyclic) bond motifs is 1. The zero-order valence-corrected chi connectivity index (χ0v) is 8.07. The summed E-state index contributed by atoms with van der Waals surface area (Å²) in [5.41, 5.74) is 0. The molecule has 72 valence electrons. The van der Waals surface area contributed by atoms with Crippen molar-refractivity contribution in [2.24, 2.45) is 0 Å². The van der Waals surface area contributed by atoms with Crippen LogP contribution in [0.2, 0.25) is 0 Å². The zero-order valence-electron chi connectivity index (χ0n) is 8.07. The Morgan fingerprint density at radius 1 is 1.54 bits per heavy atom. The smallest absolute Gasteiger partial charge is 0.0870 e. The van der Waals surface area contributed by atoms with Crippen LogP contribution in [-0.4, -0.2) is 61.8 Å². The van der Waals surface area contributed by atoms with Crippen molar-refractivity contribution in [2.45, 2.75) is 12.1 Å². The predicted octanol–water partition coefficient (Wildman–Crippen LogP) is -0.366. The van der Waals surface area contributed by atoms with Crippen LogP contribution in [0.15, 0.2) is 0 Å². The number of terminal acetylenes is 1. The Labute approximate surface area is 79.6 Å². The average molecular weight is 180 g/mol. The average Bonchev–Trinajstić information content (AvgIpc) is 2.49. The first-order chi connectivity index (χ1) is 6.31. The van der Waals surface area contributed by atoms with Crippen molar-refractivity contribution in [1.82, 2.24) is 9.80 Å². The van der Waals surface area contributed by atoms with Gasteiger partial charge < -0.3 is 4.74 Å². The molecule has 0 bridgehead atoms. The maximum Gasteiger partial charge on any atom is 0.0870 e. The van der Waals surface area contributed by atoms with Crippen molar-refractivity contribution in [3.8, 4) is 12.3 Å². The summed E-state index contributed by atoms with van der Waals surface area (Å²) < 4.78 is 5.70. The van der Waals surface area contributed by atoms with Gasteiger partial charge in [-0.2, -0.15) is 0 Å². The quantitative estimate of drug-likeness (QED) is 0.512. The summed E-state index contributed by atoms with van der Waals surface area (Å²) in [7, 11) is 2.17. The Bertz CT molecular complexity index is 223. The summed E-state index contributed by atoms with van der Waals surface area (Å²) >= 11 is 0. The number of likely N-dealkylation sites (tertiary alicyclic amines) is 1. The Morgan fingerprint density at radius 3 is 3.08 bits per heavy atom. The second-order valence-electron chi connectivity index (χ2n) is 3.86. The van der Waals surface area contributed by atoms with Gasteiger partial charge in [0.1, 0.15) is 0 Å². The number of hydrogen-bond acceptors (Lipinski definition) is 3. The van der Waals surface area contributed by atoms with E-state index >= 15 is 0 Å². The normalized spacial score (nSPS) is 35.7. The second-order valence-corrected chi connectivity index (χ2v) is 3.86. The largest absolute Gasteiger partial charge is 0.374 e. The molecule has 0 radical (unpaired) electrons. The van der Waals surface area contributed by atoms with Crippen LogP contribution >= 0.6 is 0 Å². The van der Waals surface area contributed by atoms with E-state index in [9.17, 15) is 0 Å². The highest BCUT2D eigenvalue weighted by Gasteiger charge is 2.37. The van der Waals surface area contributed by atoms with E-state index in [0.29, 0.717) is 12.1 Å². The molecule has 3 heteroatoms. The third kappa shape index (κ3) is 1.71. The van der Waals surface area contributed by atoms with E-state index in [-0.39, 0.29) is 0 Å². The van der Waals surface area contributed by atoms with Crippen molar-refractivity contribution in [3.63, 3.8) is 0 Å². The summed E-state index contributed by atoms with van der Waals surface area (Å²) in [4.78, 5) is 4.67. The van der Waals surface area contributed by atoms with Crippen molar-refractivity contribution in [1.29, 1.82) is 0 Å². The summed E-state index contributed by atoms with van der Waals surface area (Å²) in [6, 6.07) is 0.557. The fourth-order valence-corrected chi connectivity index (χ4v) is 2.19. The standard InChI is InChI=1S/C10H16N2O/c1-3-4-12-7-9-10(8-12)13-6-5-11(9)2/h1,9-10H,4-8H2,2H3/t9-,10+/m0/s1. The number of ether oxygens (including phenoxy) is 1. The molecule has 0 saturated carbocycles. The van der Waals surface area contributed by atoms with Crippen molar-refractivity contribution in [3.05, 3.63) is 0 Å². The van der Waals surface area contributed by atoms with Gasteiger partial charge in [0.25, 0.3) is 0 Å². The highest BCUT2D eigenvalue weighted by molar-refractivity contribution is 4.98. The molecule has 2 rings (SSSR count). The fourth-order valence-electron chi connectivity index (χ4n) is 2.19. The Hall–Kier alpha value is -0.560. The lowest BCUT2D eigenvalue weighted by Crippen LogP contribution is -2.48. The lowest BCUT2D eigenvalue weighted by molar-refractivity contribution is -0.0369. The molecule has 13 heavy (non-hydrogen) atoms. The van der Waals surface area contributed by atoms with Crippen LogP contribution in [0.25, 0.3) is 0 Å². The lowest BCUT2D eigenvalue weighted by Gasteiger charge is -2.33. The molecule has 0 aliphatic carbocycles. The molecule has 0 unspecified atom stereocenters. The van der Waals surface area contributed by atoms with Crippen LogP contribution in [0.1, 0.15) is 0 Å². The number of rotatable bonds is 1. The first-order valence-electron chi connectivity index (χ1n) is 4.79. The molecular weight excluding hydrogens is 164 g/mol. The second kappa shape index (κ2) is 3.67. The first-order valence-corrected chi connectivity index (χ1v) is 4.79. The fraction of sp³-hybridized carbons (Fsp3) is 0.800. The SMILES string of the molecule is C#CCN1C[C@H]2OCCN(C)[C@H]2C1. The van der Waals surface area contributed by atoms with Gasteiger partial charge in [-0.1, -0.05) is 5.92 Å². The molecule has 0 aromatic heterocycles. The minimum Gasteiger partial charge on any atom is -0.374 e. The van der Waals surface area contributed by atoms with Gasteiger partial charge in [-0.05, 0) is 7.05 Å². The molecule has 0 spiro atoms. The predicted molar refractivity (Wildman–Crippen MR) is 51.4 cm³/mol. The van der Waals surface area contributed by atoms with Crippen LogP contribution < -0.4 is 0 Å². The molecule has 3 nitrogen and oxygen atoms in total. The molecule has 0 aromatic carbocycles. The van der Waals surface area contributed by atoms with E-state index in [2.05, 4.69) is 22.8 Å². The first kappa shape index (κ1) is 9.01. The maximum absolute atomic E-state index is 5.70. The van der Waals surface area contributed by atoms with Gasteiger partial charge in [-0.3, -0.25) is 9.80 Å². The Morgan fingerprint density at radius 2 is 2.38 bits per heavy atom. The summed E-state index contributed by atoms with van der Waals surface area (Å²) in [5, 5.41) is 0. The van der Waals surface area contributed by atoms with Crippen LogP contribution in [-0.2, 0) is 4.74 Å². The van der Waals surface area contributed by atoms with Crippen LogP contribution in [0, 0.1) is 12.3 Å². The van der Waals surface area contributed by atoms with Gasteiger partial charge in [0, 0.05) is 25.7 Å². The van der Waals surface area contributed by atoms with Crippen molar-refractivity contribution < 1.29 is 4.74 Å². The van der Waals surface area contributed by atoms with E-state index in [0.717, 1.165) is 32.8 Å². The van der Waals surface area contributed by atoms with Crippen LogP contribution in [0.5, 0.6) is 0 Å². The van der Waals surface area contributed by atoms with Gasteiger partial charge in [-0.15, -0.1) is 6.42 Å². The molecule has 2 atom stereocenters. The summed E-state index contributed by atoms with van der Waals surface area (Å²) in [5.74, 6) is 2.69. The number of morpholine rings is 1. The van der Waals surface area contributed by atoms with E-state index in [1.807, 2.05) is 0 Å². The number of hydrogen-bond donors (Lipinski definition) is 0. The lowest BCUT2D eigenvalue weighted by atomic mass is 10.1. The Kier molecular flexibility index (Phi) is 2.54. The molecule has 0 aromatic rings. The van der Waals surface area contributed by atoms with Gasteiger partial charge in [-0.25, -0.2) is 0 Å². The van der Waals surface area contributed by atoms with Crippen molar-refractivity contribution >= 4 is 0 Å². The van der Waals surface area contributed by atoms with Gasteiger partial charge >= 0.3 is 0 Å². The highest BCUT2D eigenvalue weighted by atomic mass is 16.5. The molecular formula is C10H16N2O. The monoisotopic (exact) mass is 180 g/mol. The van der Waals surface area contributed by atoms with Crippen molar-refractivity contribution in [2.75, 3.05) is 39.8 Å². The summed E-state index contributed by atoms with van der Waals surface area (Å²) in [6.45, 7) is 4.72. The minimum atomic E-state index is 0.382. The molecule has 2 fully saturated rings. The third-order valence-corrected chi connectivity index (χ3v) is 2.97. The highest BCUT2D eigenvalue weighted by Crippen LogP contribution is 2.20. The Balaban J connectivity index is 1.96. The summed E-state index contributed by atoms with van der Waals surface area (Å²) in [6.07, 6.45) is 5.67. The molecule has 0 N–H and O–H groups in total. The van der Waals surface area contributed by atoms with Gasteiger partial charge in [0.15, 0.2) is 0 Å². The number of likely N-dealkylation sites (N-methyl/N-ethyl adjacent to an activating group) is 1. The van der Waals surface area contributed by atoms with Crippen LogP contribution in [0.4, 0.5) is 0 Å². The van der Waals surface area contributed by atoms with Gasteiger partial charge in [0.05, 0.1) is 19.3 Å². The third-order valence-electron chi connectivity index (χ3n) is 2.97. The van der Waals surface area contributed by atoms with E-state index in [4.69, 9.17) is 11.2 Å². The molecule has 2 heterocycles. The molecule has 2 saturated heterocycles. The molecule has 2 aliphatic rings. The maximum atomic E-state index is 5.70. The van der Waals surface area contributed by atoms with Gasteiger partial charge in [0.2, 0.25) is 0 Å².